The Labute approximate surface area is 158 Å². The second kappa shape index (κ2) is 13.9. The molecule has 2 aromatic rings. The zero-order valence-electron chi connectivity index (χ0n) is 14.8. The molecule has 1 aromatic heterocycles. The average molecular weight is 388 g/mol. The molecule has 2 rings (SSSR count). The van der Waals surface area contributed by atoms with Crippen LogP contribution in [0.5, 0.6) is 5.75 Å². The van der Waals surface area contributed by atoms with Gasteiger partial charge in [-0.05, 0) is 31.0 Å². The number of unbranched alkanes of at least 4 members (excludes halogenated alkanes) is 4. The third kappa shape index (κ3) is 9.24. The second-order valence-electron chi connectivity index (χ2n) is 5.40. The fourth-order valence-electron chi connectivity index (χ4n) is 2.40. The van der Waals surface area contributed by atoms with Gasteiger partial charge in [0.1, 0.15) is 5.75 Å². The number of hydrogen-bond acceptors (Lipinski definition) is 6. The summed E-state index contributed by atoms with van der Waals surface area (Å²) < 4.78 is 5.23. The van der Waals surface area contributed by atoms with Gasteiger partial charge < -0.3 is 20.4 Å². The predicted molar refractivity (Wildman–Crippen MR) is 103 cm³/mol. The highest BCUT2D eigenvalue weighted by Crippen LogP contribution is 2.25. The highest BCUT2D eigenvalue weighted by atomic mass is 35.5. The number of methoxy groups -OCH3 is 1. The quantitative estimate of drug-likeness (QED) is 0.341. The molecular weight excluding hydrogens is 362 g/mol. The highest BCUT2D eigenvalue weighted by molar-refractivity contribution is 5.91. The van der Waals surface area contributed by atoms with Crippen molar-refractivity contribution in [2.45, 2.75) is 32.1 Å². The van der Waals surface area contributed by atoms with Crippen molar-refractivity contribution in [1.29, 1.82) is 0 Å². The molecule has 1 aromatic carbocycles. The molecule has 0 saturated heterocycles. The van der Waals surface area contributed by atoms with Crippen molar-refractivity contribution >= 4 is 29.0 Å². The van der Waals surface area contributed by atoms with Crippen LogP contribution >= 0.6 is 12.4 Å². The number of benzene rings is 1. The molecule has 0 atom stereocenters. The van der Waals surface area contributed by atoms with Gasteiger partial charge in [-0.3, -0.25) is 4.98 Å². The summed E-state index contributed by atoms with van der Waals surface area (Å²) in [5.74, 6) is 0.830. The minimum atomic E-state index is -1.50. The molecular formula is C17H26ClN3O5. The van der Waals surface area contributed by atoms with E-state index in [0.29, 0.717) is 6.61 Å². The van der Waals surface area contributed by atoms with Crippen LogP contribution in [0.1, 0.15) is 32.1 Å². The summed E-state index contributed by atoms with van der Waals surface area (Å²) in [4.78, 5) is 12.7. The van der Waals surface area contributed by atoms with E-state index in [4.69, 9.17) is 25.2 Å². The Morgan fingerprint density at radius 3 is 2.50 bits per heavy atom. The predicted octanol–water partition coefficient (Wildman–Crippen LogP) is 3.67. The first-order chi connectivity index (χ1) is 12.1. The van der Waals surface area contributed by atoms with Crippen LogP contribution in [0.15, 0.2) is 30.5 Å². The van der Waals surface area contributed by atoms with Gasteiger partial charge in [0.25, 0.3) is 5.09 Å². The van der Waals surface area contributed by atoms with Gasteiger partial charge in [0, 0.05) is 36.5 Å². The lowest BCUT2D eigenvalue weighted by Gasteiger charge is -2.10. The SMILES string of the molecule is COc1ccc2c(NCCCCCCCO)ccnc2c1.Cl.O=[N+]([O-])O. The van der Waals surface area contributed by atoms with E-state index in [1.54, 1.807) is 7.11 Å². The van der Waals surface area contributed by atoms with Crippen molar-refractivity contribution in [3.8, 4) is 5.75 Å². The van der Waals surface area contributed by atoms with E-state index >= 15 is 0 Å². The van der Waals surface area contributed by atoms with Crippen molar-refractivity contribution in [2.24, 2.45) is 0 Å². The van der Waals surface area contributed by atoms with Gasteiger partial charge in [-0.2, -0.15) is 0 Å². The Hall–Kier alpha value is -2.32. The molecule has 8 nitrogen and oxygen atoms in total. The normalized spacial score (nSPS) is 9.62. The van der Waals surface area contributed by atoms with Crippen molar-refractivity contribution in [3.05, 3.63) is 40.6 Å². The van der Waals surface area contributed by atoms with Crippen LogP contribution in [-0.2, 0) is 0 Å². The van der Waals surface area contributed by atoms with E-state index in [1.807, 2.05) is 30.5 Å². The third-order valence-electron chi connectivity index (χ3n) is 3.60. The largest absolute Gasteiger partial charge is 0.497 e. The number of nitrogens with zero attached hydrogens (tertiary/aromatic N) is 2. The van der Waals surface area contributed by atoms with E-state index in [0.717, 1.165) is 48.1 Å². The zero-order chi connectivity index (χ0) is 18.5. The van der Waals surface area contributed by atoms with E-state index in [1.165, 1.54) is 12.8 Å². The number of aliphatic hydroxyl groups excluding tert-OH is 1. The van der Waals surface area contributed by atoms with Crippen LogP contribution in [0.4, 0.5) is 5.69 Å². The number of hydrogen-bond donors (Lipinski definition) is 3. The molecule has 0 aliphatic rings. The lowest BCUT2D eigenvalue weighted by molar-refractivity contribution is -0.742. The van der Waals surface area contributed by atoms with Crippen LogP contribution in [-0.4, -0.2) is 40.6 Å². The first kappa shape index (κ1) is 23.7. The molecule has 9 heteroatoms. The molecule has 0 aliphatic carbocycles. The van der Waals surface area contributed by atoms with Gasteiger partial charge in [0.15, 0.2) is 0 Å². The first-order valence-corrected chi connectivity index (χ1v) is 8.19. The Morgan fingerprint density at radius 2 is 1.85 bits per heavy atom. The second-order valence-corrected chi connectivity index (χ2v) is 5.40. The Bertz CT molecular complexity index is 653. The molecule has 0 amide bonds. The molecule has 0 bridgehead atoms. The minimum absolute atomic E-state index is 0. The number of rotatable bonds is 9. The summed E-state index contributed by atoms with van der Waals surface area (Å²) >= 11 is 0. The monoisotopic (exact) mass is 387 g/mol. The van der Waals surface area contributed by atoms with Crippen molar-refractivity contribution in [3.63, 3.8) is 0 Å². The molecule has 26 heavy (non-hydrogen) atoms. The summed E-state index contributed by atoms with van der Waals surface area (Å²) in [6.07, 6.45) is 7.40. The maximum Gasteiger partial charge on any atom is 0.291 e. The van der Waals surface area contributed by atoms with Crippen molar-refractivity contribution < 1.29 is 20.1 Å². The number of nitrogens with one attached hydrogen (secondary N) is 1. The smallest absolute Gasteiger partial charge is 0.291 e. The van der Waals surface area contributed by atoms with Crippen LogP contribution in [0, 0.1) is 10.1 Å². The number of anilines is 1. The van der Waals surface area contributed by atoms with Gasteiger partial charge in [-0.15, -0.1) is 22.5 Å². The molecule has 146 valence electrons. The molecule has 0 radical (unpaired) electrons. The lowest BCUT2D eigenvalue weighted by atomic mass is 10.1. The van der Waals surface area contributed by atoms with Crippen LogP contribution in [0.25, 0.3) is 10.9 Å². The molecule has 0 spiro atoms. The Balaban J connectivity index is 0.00000113. The van der Waals surface area contributed by atoms with Gasteiger partial charge in [0.2, 0.25) is 0 Å². The molecule has 0 unspecified atom stereocenters. The summed E-state index contributed by atoms with van der Waals surface area (Å²) in [6.45, 7) is 1.27. The van der Waals surface area contributed by atoms with Gasteiger partial charge in [0.05, 0.1) is 12.6 Å². The number of pyridine rings is 1. The van der Waals surface area contributed by atoms with Gasteiger partial charge in [-0.1, -0.05) is 19.3 Å². The fraction of sp³-hybridized carbons (Fsp3) is 0.471. The number of aromatic nitrogens is 1. The third-order valence-corrected chi connectivity index (χ3v) is 3.60. The van der Waals surface area contributed by atoms with E-state index in [-0.39, 0.29) is 12.4 Å². The molecule has 3 N–H and O–H groups in total. The average Bonchev–Trinajstić information content (AvgIpc) is 2.60. The minimum Gasteiger partial charge on any atom is -0.497 e. The van der Waals surface area contributed by atoms with Gasteiger partial charge in [-0.25, -0.2) is 0 Å². The number of halogens is 1. The van der Waals surface area contributed by atoms with Crippen LogP contribution in [0.2, 0.25) is 0 Å². The fourth-order valence-corrected chi connectivity index (χ4v) is 2.40. The number of fused-ring (bicyclic) bond motifs is 1. The van der Waals surface area contributed by atoms with Crippen LogP contribution in [0.3, 0.4) is 0 Å². The first-order valence-electron chi connectivity index (χ1n) is 8.19. The topological polar surface area (TPSA) is 118 Å². The standard InChI is InChI=1S/C17H24N2O2.ClH.HNO3/c1-21-14-7-8-15-16(9-11-19-17(15)13-14)18-10-5-3-2-4-6-12-20;;2-1(3)4/h7-9,11,13,20H,2-6,10,12H2,1H3,(H,18,19);1H;(H,2,3,4). The van der Waals surface area contributed by atoms with Gasteiger partial charge >= 0.3 is 0 Å². The summed E-state index contributed by atoms with van der Waals surface area (Å²) in [5.41, 5.74) is 2.07. The van der Waals surface area contributed by atoms with Crippen molar-refractivity contribution in [2.75, 3.05) is 25.6 Å². The summed E-state index contributed by atoms with van der Waals surface area (Å²) in [5, 5.41) is 27.0. The lowest BCUT2D eigenvalue weighted by Crippen LogP contribution is -2.02. The molecule has 0 aliphatic heterocycles. The van der Waals surface area contributed by atoms with E-state index < -0.39 is 5.09 Å². The molecule has 1 heterocycles. The maximum absolute atomic E-state index is 8.73. The zero-order valence-corrected chi connectivity index (χ0v) is 15.6. The van der Waals surface area contributed by atoms with Crippen molar-refractivity contribution in [1.82, 2.24) is 4.98 Å². The summed E-state index contributed by atoms with van der Waals surface area (Å²) in [7, 11) is 1.67. The number of ether oxygens (including phenoxy) is 1. The molecule has 0 saturated carbocycles. The summed E-state index contributed by atoms with van der Waals surface area (Å²) in [6, 6.07) is 7.98. The van der Waals surface area contributed by atoms with E-state index in [9.17, 15) is 0 Å². The number of aliphatic hydroxyl groups is 1. The molecule has 0 fully saturated rings. The maximum atomic E-state index is 8.73. The Morgan fingerprint density at radius 1 is 1.19 bits per heavy atom. The Kier molecular flexibility index (Phi) is 12.7. The van der Waals surface area contributed by atoms with E-state index in [2.05, 4.69) is 10.3 Å². The highest BCUT2D eigenvalue weighted by Gasteiger charge is 2.03. The van der Waals surface area contributed by atoms with Crippen LogP contribution < -0.4 is 10.1 Å².